The van der Waals surface area contributed by atoms with Crippen LogP contribution in [0.2, 0.25) is 0 Å². The Hall–Kier alpha value is -3.00. The van der Waals surface area contributed by atoms with Crippen LogP contribution in [0, 0.1) is 5.92 Å². The molecule has 4 aromatic rings. The molecule has 0 spiro atoms. The van der Waals surface area contributed by atoms with Crippen molar-refractivity contribution in [2.24, 2.45) is 5.92 Å². The number of ketones is 1. The van der Waals surface area contributed by atoms with E-state index in [2.05, 4.69) is 56.3 Å². The number of H-pyrrole nitrogens is 1. The maximum Gasteiger partial charge on any atom is 0.186 e. The normalized spacial score (nSPS) is 14.6. The van der Waals surface area contributed by atoms with Gasteiger partial charge in [-0.1, -0.05) is 49.3 Å². The first kappa shape index (κ1) is 20.9. The molecule has 1 aromatic carbocycles. The fraction of sp³-hybridized carbons (Fsp3) is 0.417. The standard InChI is InChI=1S/C24H28N6OS/c1-2-3-6-17(11-18-13-25-20-8-5-4-7-19(18)20)12-21(31)22-14-26-24(32-22)29-9-10-30-23(15-29)27-16-28-30/h4-5,7-8,13-14,16-17,25H,2-3,6,9-12,15H2,1H3. The van der Waals surface area contributed by atoms with Crippen LogP contribution in [-0.4, -0.2) is 37.1 Å². The molecule has 32 heavy (non-hydrogen) atoms. The number of anilines is 1. The van der Waals surface area contributed by atoms with Crippen molar-refractivity contribution < 1.29 is 4.79 Å². The monoisotopic (exact) mass is 448 g/mol. The molecule has 3 aromatic heterocycles. The maximum atomic E-state index is 13.2. The van der Waals surface area contributed by atoms with E-state index in [0.717, 1.165) is 60.1 Å². The number of hydrogen-bond donors (Lipinski definition) is 1. The fourth-order valence-electron chi connectivity index (χ4n) is 4.51. The van der Waals surface area contributed by atoms with Crippen molar-refractivity contribution in [2.45, 2.75) is 52.1 Å². The molecule has 1 aliphatic heterocycles. The van der Waals surface area contributed by atoms with Crippen molar-refractivity contribution >= 4 is 33.2 Å². The number of unbranched alkanes of at least 4 members (excludes halogenated alkanes) is 1. The van der Waals surface area contributed by atoms with E-state index in [0.29, 0.717) is 18.9 Å². The number of carbonyl (C=O) groups is 1. The maximum absolute atomic E-state index is 13.2. The Morgan fingerprint density at radius 2 is 2.16 bits per heavy atom. The highest BCUT2D eigenvalue weighted by atomic mass is 32.1. The lowest BCUT2D eigenvalue weighted by Crippen LogP contribution is -2.34. The van der Waals surface area contributed by atoms with Gasteiger partial charge in [0, 0.05) is 30.1 Å². The molecule has 166 valence electrons. The van der Waals surface area contributed by atoms with Gasteiger partial charge in [-0.05, 0) is 30.4 Å². The number of fused-ring (bicyclic) bond motifs is 2. The quantitative estimate of drug-likeness (QED) is 0.370. The van der Waals surface area contributed by atoms with Gasteiger partial charge in [0.1, 0.15) is 12.2 Å². The Bertz CT molecular complexity index is 1210. The first-order valence-electron chi connectivity index (χ1n) is 11.4. The van der Waals surface area contributed by atoms with Crippen LogP contribution in [0.1, 0.15) is 53.7 Å². The van der Waals surface area contributed by atoms with Gasteiger partial charge in [-0.3, -0.25) is 4.79 Å². The lowest BCUT2D eigenvalue weighted by molar-refractivity contribution is 0.0962. The van der Waals surface area contributed by atoms with Crippen LogP contribution in [0.15, 0.2) is 43.0 Å². The van der Waals surface area contributed by atoms with Gasteiger partial charge in [0.05, 0.1) is 24.2 Å². The van der Waals surface area contributed by atoms with Gasteiger partial charge in [0.2, 0.25) is 0 Å². The van der Waals surface area contributed by atoms with E-state index in [1.54, 1.807) is 12.5 Å². The number of aromatic nitrogens is 5. The summed E-state index contributed by atoms with van der Waals surface area (Å²) in [6.45, 7) is 4.51. The third kappa shape index (κ3) is 4.32. The van der Waals surface area contributed by atoms with Crippen LogP contribution in [0.5, 0.6) is 0 Å². The number of para-hydroxylation sites is 1. The van der Waals surface area contributed by atoms with Crippen LogP contribution >= 0.6 is 11.3 Å². The minimum Gasteiger partial charge on any atom is -0.361 e. The van der Waals surface area contributed by atoms with E-state index in [1.807, 2.05) is 10.7 Å². The SMILES string of the molecule is CCCCC(CC(=O)c1cnc(N2CCn3ncnc3C2)s1)Cc1c[nH]c2ccccc12. The molecule has 1 aliphatic rings. The number of carbonyl (C=O) groups excluding carboxylic acids is 1. The highest BCUT2D eigenvalue weighted by Crippen LogP contribution is 2.30. The third-order valence-electron chi connectivity index (χ3n) is 6.27. The van der Waals surface area contributed by atoms with Gasteiger partial charge in [-0.2, -0.15) is 5.10 Å². The van der Waals surface area contributed by atoms with Gasteiger partial charge in [-0.25, -0.2) is 14.6 Å². The summed E-state index contributed by atoms with van der Waals surface area (Å²) >= 11 is 1.50. The van der Waals surface area contributed by atoms with Crippen molar-refractivity contribution in [1.29, 1.82) is 0 Å². The molecule has 0 saturated heterocycles. The molecule has 0 saturated carbocycles. The zero-order valence-corrected chi connectivity index (χ0v) is 19.1. The molecule has 0 fully saturated rings. The van der Waals surface area contributed by atoms with Crippen LogP contribution in [0.4, 0.5) is 5.13 Å². The van der Waals surface area contributed by atoms with E-state index in [9.17, 15) is 4.79 Å². The summed E-state index contributed by atoms with van der Waals surface area (Å²) < 4.78 is 1.93. The predicted molar refractivity (Wildman–Crippen MR) is 127 cm³/mol. The molecule has 0 radical (unpaired) electrons. The molecule has 8 heteroatoms. The van der Waals surface area contributed by atoms with Crippen LogP contribution in [-0.2, 0) is 19.5 Å². The lowest BCUT2D eigenvalue weighted by Gasteiger charge is -2.25. The average molecular weight is 449 g/mol. The summed E-state index contributed by atoms with van der Waals surface area (Å²) in [6, 6.07) is 8.39. The van der Waals surface area contributed by atoms with Gasteiger partial charge in [0.25, 0.3) is 0 Å². The van der Waals surface area contributed by atoms with E-state index >= 15 is 0 Å². The lowest BCUT2D eigenvalue weighted by atomic mass is 9.89. The highest BCUT2D eigenvalue weighted by molar-refractivity contribution is 7.17. The average Bonchev–Trinajstić information content (AvgIpc) is 3.56. The second kappa shape index (κ2) is 9.24. The summed E-state index contributed by atoms with van der Waals surface area (Å²) in [5.41, 5.74) is 2.46. The molecule has 1 atom stereocenters. The molecule has 0 amide bonds. The summed E-state index contributed by atoms with van der Waals surface area (Å²) in [5, 5.41) is 6.39. The third-order valence-corrected chi connectivity index (χ3v) is 7.37. The number of Topliss-reactive ketones (excluding diaryl/α,β-unsaturated/α-hetero) is 1. The molecule has 4 heterocycles. The van der Waals surface area contributed by atoms with Crippen molar-refractivity contribution in [3.05, 3.63) is 59.3 Å². The van der Waals surface area contributed by atoms with E-state index < -0.39 is 0 Å². The number of benzene rings is 1. The molecular formula is C24H28N6OS. The smallest absolute Gasteiger partial charge is 0.186 e. The largest absolute Gasteiger partial charge is 0.361 e. The van der Waals surface area contributed by atoms with Crippen LogP contribution < -0.4 is 4.90 Å². The van der Waals surface area contributed by atoms with Gasteiger partial charge in [0.15, 0.2) is 10.9 Å². The topological polar surface area (TPSA) is 79.7 Å². The minimum absolute atomic E-state index is 0.204. The van der Waals surface area contributed by atoms with E-state index in [1.165, 1.54) is 22.3 Å². The van der Waals surface area contributed by atoms with E-state index in [-0.39, 0.29) is 5.78 Å². The molecule has 1 N–H and O–H groups in total. The van der Waals surface area contributed by atoms with E-state index in [4.69, 9.17) is 0 Å². The molecular weight excluding hydrogens is 420 g/mol. The number of thiazole rings is 1. The van der Waals surface area contributed by atoms with Gasteiger partial charge < -0.3 is 9.88 Å². The van der Waals surface area contributed by atoms with Crippen LogP contribution in [0.25, 0.3) is 10.9 Å². The second-order valence-electron chi connectivity index (χ2n) is 8.53. The Morgan fingerprint density at radius 1 is 1.25 bits per heavy atom. The highest BCUT2D eigenvalue weighted by Gasteiger charge is 2.23. The summed E-state index contributed by atoms with van der Waals surface area (Å²) in [5.74, 6) is 1.48. The fourth-order valence-corrected chi connectivity index (χ4v) is 5.40. The first-order valence-corrected chi connectivity index (χ1v) is 12.2. The van der Waals surface area contributed by atoms with Crippen molar-refractivity contribution in [3.8, 4) is 0 Å². The molecule has 7 nitrogen and oxygen atoms in total. The number of nitrogens with zero attached hydrogens (tertiary/aromatic N) is 5. The molecule has 0 aliphatic carbocycles. The molecule has 1 unspecified atom stereocenters. The Kier molecular flexibility index (Phi) is 6.03. The molecule has 5 rings (SSSR count). The zero-order valence-electron chi connectivity index (χ0n) is 18.3. The summed E-state index contributed by atoms with van der Waals surface area (Å²) in [6.07, 6.45) is 10.3. The number of aromatic amines is 1. The van der Waals surface area contributed by atoms with Crippen LogP contribution in [0.3, 0.4) is 0 Å². The number of nitrogens with one attached hydrogen (secondary N) is 1. The first-order chi connectivity index (χ1) is 15.7. The molecule has 0 bridgehead atoms. The summed E-state index contributed by atoms with van der Waals surface area (Å²) in [4.78, 5) is 28.4. The Morgan fingerprint density at radius 3 is 3.06 bits per heavy atom. The predicted octanol–water partition coefficient (Wildman–Crippen LogP) is 4.86. The minimum atomic E-state index is 0.204. The van der Waals surface area contributed by atoms with Gasteiger partial charge >= 0.3 is 0 Å². The van der Waals surface area contributed by atoms with Crippen molar-refractivity contribution in [1.82, 2.24) is 24.7 Å². The second-order valence-corrected chi connectivity index (χ2v) is 9.54. The zero-order chi connectivity index (χ0) is 21.9. The van der Waals surface area contributed by atoms with Gasteiger partial charge in [-0.15, -0.1) is 0 Å². The Balaban J connectivity index is 1.27. The Labute approximate surface area is 191 Å². The number of hydrogen-bond acceptors (Lipinski definition) is 6. The summed E-state index contributed by atoms with van der Waals surface area (Å²) in [7, 11) is 0. The van der Waals surface area contributed by atoms with Crippen molar-refractivity contribution in [3.63, 3.8) is 0 Å². The number of rotatable bonds is 9. The van der Waals surface area contributed by atoms with Crippen molar-refractivity contribution in [2.75, 3.05) is 11.4 Å².